The van der Waals surface area contributed by atoms with Crippen molar-refractivity contribution in [1.82, 2.24) is 9.78 Å². The first-order chi connectivity index (χ1) is 9.74. The lowest BCUT2D eigenvalue weighted by atomic mass is 9.95. The highest BCUT2D eigenvalue weighted by molar-refractivity contribution is 5.04. The van der Waals surface area contributed by atoms with E-state index >= 15 is 0 Å². The zero-order chi connectivity index (χ0) is 13.9. The summed E-state index contributed by atoms with van der Waals surface area (Å²) in [4.78, 5) is 0. The van der Waals surface area contributed by atoms with Crippen LogP contribution in [0.1, 0.15) is 57.2 Å². The molecule has 0 amide bonds. The fourth-order valence-electron chi connectivity index (χ4n) is 3.66. The molecule has 1 saturated carbocycles. The van der Waals surface area contributed by atoms with Crippen molar-refractivity contribution in [2.24, 2.45) is 11.7 Å². The van der Waals surface area contributed by atoms with Crippen LogP contribution < -0.4 is 5.73 Å². The van der Waals surface area contributed by atoms with Gasteiger partial charge in [0.2, 0.25) is 0 Å². The van der Waals surface area contributed by atoms with Gasteiger partial charge >= 0.3 is 0 Å². The normalized spacial score (nSPS) is 29.7. The Morgan fingerprint density at radius 3 is 2.85 bits per heavy atom. The van der Waals surface area contributed by atoms with Crippen LogP contribution in [0.15, 0.2) is 12.3 Å². The summed E-state index contributed by atoms with van der Waals surface area (Å²) in [5.74, 6) is 0.574. The molecule has 3 unspecified atom stereocenters. The number of nitrogens with zero attached hydrogens (tertiary/aromatic N) is 2. The molecule has 1 aliphatic heterocycles. The molecule has 1 aromatic rings. The minimum absolute atomic E-state index is 0.0715. The smallest absolute Gasteiger partial charge is 0.0756 e. The Hall–Kier alpha value is -0.870. The lowest BCUT2D eigenvalue weighted by molar-refractivity contribution is 0.0723. The summed E-state index contributed by atoms with van der Waals surface area (Å²) >= 11 is 0. The van der Waals surface area contributed by atoms with Gasteiger partial charge in [-0.05, 0) is 31.2 Å². The Morgan fingerprint density at radius 2 is 2.15 bits per heavy atom. The first-order valence-electron chi connectivity index (χ1n) is 8.15. The van der Waals surface area contributed by atoms with Crippen molar-refractivity contribution < 1.29 is 4.74 Å². The van der Waals surface area contributed by atoms with E-state index in [0.717, 1.165) is 25.1 Å². The van der Waals surface area contributed by atoms with Gasteiger partial charge in [-0.1, -0.05) is 26.2 Å². The van der Waals surface area contributed by atoms with Crippen molar-refractivity contribution >= 4 is 0 Å². The highest BCUT2D eigenvalue weighted by Gasteiger charge is 2.30. The predicted octanol–water partition coefficient (Wildman–Crippen LogP) is 2.68. The standard InChI is InChI=1S/C16H27N3O/c1-12-8-10-20-16(12)15(17)11-13-7-9-19(18-13)14-5-3-2-4-6-14/h7,9,12,14-16H,2-6,8,10-11,17H2,1H3. The number of aromatic nitrogens is 2. The lowest BCUT2D eigenvalue weighted by Crippen LogP contribution is -2.39. The Bertz CT molecular complexity index is 425. The van der Waals surface area contributed by atoms with Gasteiger partial charge in [0, 0.05) is 25.3 Å². The maximum atomic E-state index is 6.31. The van der Waals surface area contributed by atoms with E-state index in [1.807, 2.05) is 0 Å². The van der Waals surface area contributed by atoms with E-state index in [4.69, 9.17) is 15.6 Å². The number of hydrogen-bond donors (Lipinski definition) is 1. The monoisotopic (exact) mass is 277 g/mol. The fraction of sp³-hybridized carbons (Fsp3) is 0.812. The number of hydrogen-bond acceptors (Lipinski definition) is 3. The molecule has 3 atom stereocenters. The van der Waals surface area contributed by atoms with E-state index in [9.17, 15) is 0 Å². The van der Waals surface area contributed by atoms with E-state index < -0.39 is 0 Å². The molecule has 3 rings (SSSR count). The van der Waals surface area contributed by atoms with Crippen LogP contribution in [0.2, 0.25) is 0 Å². The molecule has 0 radical (unpaired) electrons. The van der Waals surface area contributed by atoms with E-state index in [-0.39, 0.29) is 12.1 Å². The SMILES string of the molecule is CC1CCOC1C(N)Cc1ccn(C2CCCCC2)n1. The summed E-state index contributed by atoms with van der Waals surface area (Å²) in [5.41, 5.74) is 7.43. The molecule has 0 bridgehead atoms. The first-order valence-corrected chi connectivity index (χ1v) is 8.15. The van der Waals surface area contributed by atoms with Crippen LogP contribution in [-0.2, 0) is 11.2 Å². The Labute approximate surface area is 121 Å². The van der Waals surface area contributed by atoms with Crippen LogP contribution in [0.4, 0.5) is 0 Å². The molecule has 2 heterocycles. The molecule has 4 nitrogen and oxygen atoms in total. The second kappa shape index (κ2) is 6.27. The molecule has 0 aromatic carbocycles. The predicted molar refractivity (Wildman–Crippen MR) is 79.5 cm³/mol. The zero-order valence-corrected chi connectivity index (χ0v) is 12.5. The first kappa shape index (κ1) is 14.1. The summed E-state index contributed by atoms with van der Waals surface area (Å²) < 4.78 is 7.93. The molecular weight excluding hydrogens is 250 g/mol. The van der Waals surface area contributed by atoms with Crippen molar-refractivity contribution in [3.63, 3.8) is 0 Å². The third-order valence-electron chi connectivity index (χ3n) is 4.92. The molecule has 0 spiro atoms. The van der Waals surface area contributed by atoms with E-state index in [2.05, 4.69) is 23.9 Å². The highest BCUT2D eigenvalue weighted by atomic mass is 16.5. The van der Waals surface area contributed by atoms with Crippen molar-refractivity contribution in [3.05, 3.63) is 18.0 Å². The van der Waals surface area contributed by atoms with Gasteiger partial charge < -0.3 is 10.5 Å². The molecule has 20 heavy (non-hydrogen) atoms. The maximum Gasteiger partial charge on any atom is 0.0756 e. The molecule has 2 fully saturated rings. The number of nitrogens with two attached hydrogens (primary N) is 1. The maximum absolute atomic E-state index is 6.31. The third-order valence-corrected chi connectivity index (χ3v) is 4.92. The van der Waals surface area contributed by atoms with Crippen LogP contribution >= 0.6 is 0 Å². The molecule has 1 aliphatic carbocycles. The lowest BCUT2D eigenvalue weighted by Gasteiger charge is -2.23. The summed E-state index contributed by atoms with van der Waals surface area (Å²) in [6.45, 7) is 3.09. The number of rotatable bonds is 4. The summed E-state index contributed by atoms with van der Waals surface area (Å²) in [6.07, 6.45) is 10.9. The van der Waals surface area contributed by atoms with Crippen LogP contribution in [0.25, 0.3) is 0 Å². The van der Waals surface area contributed by atoms with Gasteiger partial charge in [-0.25, -0.2) is 0 Å². The van der Waals surface area contributed by atoms with Crippen molar-refractivity contribution in [2.75, 3.05) is 6.61 Å². The van der Waals surface area contributed by atoms with Gasteiger partial charge in [-0.2, -0.15) is 5.10 Å². The average molecular weight is 277 g/mol. The Balaban J connectivity index is 1.59. The molecule has 112 valence electrons. The summed E-state index contributed by atoms with van der Waals surface area (Å²) in [7, 11) is 0. The average Bonchev–Trinajstić information content (AvgIpc) is 3.09. The Kier molecular flexibility index (Phi) is 4.41. The largest absolute Gasteiger partial charge is 0.376 e. The second-order valence-corrected chi connectivity index (χ2v) is 6.55. The Morgan fingerprint density at radius 1 is 1.35 bits per heavy atom. The van der Waals surface area contributed by atoms with Crippen LogP contribution in [0.3, 0.4) is 0 Å². The molecule has 1 aromatic heterocycles. The summed E-state index contributed by atoms with van der Waals surface area (Å²) in [5, 5.41) is 4.75. The number of ether oxygens (including phenoxy) is 1. The molecule has 4 heteroatoms. The van der Waals surface area contributed by atoms with Crippen LogP contribution in [0, 0.1) is 5.92 Å². The molecular formula is C16H27N3O. The quantitative estimate of drug-likeness (QED) is 0.920. The van der Waals surface area contributed by atoms with Gasteiger partial charge in [-0.15, -0.1) is 0 Å². The molecule has 2 aliphatic rings. The van der Waals surface area contributed by atoms with Crippen molar-refractivity contribution in [3.8, 4) is 0 Å². The minimum atomic E-state index is 0.0715. The van der Waals surface area contributed by atoms with Gasteiger partial charge in [-0.3, -0.25) is 4.68 Å². The van der Waals surface area contributed by atoms with Crippen LogP contribution in [-0.4, -0.2) is 28.5 Å². The second-order valence-electron chi connectivity index (χ2n) is 6.55. The van der Waals surface area contributed by atoms with Crippen LogP contribution in [0.5, 0.6) is 0 Å². The summed E-state index contributed by atoms with van der Waals surface area (Å²) in [6, 6.07) is 2.81. The highest BCUT2D eigenvalue weighted by Crippen LogP contribution is 2.28. The zero-order valence-electron chi connectivity index (χ0n) is 12.5. The van der Waals surface area contributed by atoms with E-state index in [1.165, 1.54) is 32.1 Å². The van der Waals surface area contributed by atoms with Crippen molar-refractivity contribution in [2.45, 2.75) is 70.1 Å². The van der Waals surface area contributed by atoms with Crippen molar-refractivity contribution in [1.29, 1.82) is 0 Å². The molecule has 1 saturated heterocycles. The van der Waals surface area contributed by atoms with Gasteiger partial charge in [0.15, 0.2) is 0 Å². The topological polar surface area (TPSA) is 53.1 Å². The van der Waals surface area contributed by atoms with Gasteiger partial charge in [0.1, 0.15) is 0 Å². The minimum Gasteiger partial charge on any atom is -0.376 e. The fourth-order valence-corrected chi connectivity index (χ4v) is 3.66. The van der Waals surface area contributed by atoms with E-state index in [1.54, 1.807) is 0 Å². The van der Waals surface area contributed by atoms with E-state index in [0.29, 0.717) is 12.0 Å². The third kappa shape index (κ3) is 3.07. The van der Waals surface area contributed by atoms with Gasteiger partial charge in [0.05, 0.1) is 17.8 Å². The molecule has 2 N–H and O–H groups in total. The van der Waals surface area contributed by atoms with Gasteiger partial charge in [0.25, 0.3) is 0 Å².